The van der Waals surface area contributed by atoms with Gasteiger partial charge in [-0.05, 0) is 50.2 Å². The van der Waals surface area contributed by atoms with Crippen LogP contribution in [0.2, 0.25) is 0 Å². The average Bonchev–Trinajstić information content (AvgIpc) is 3.36. The van der Waals surface area contributed by atoms with Gasteiger partial charge in [-0.15, -0.1) is 0 Å². The van der Waals surface area contributed by atoms with Gasteiger partial charge in [0, 0.05) is 48.3 Å². The number of anilines is 3. The second-order valence-corrected chi connectivity index (χ2v) is 10.2. The van der Waals surface area contributed by atoms with E-state index >= 15 is 0 Å². The number of nitrogens with two attached hydrogens (primary N) is 1. The van der Waals surface area contributed by atoms with E-state index < -0.39 is 5.56 Å². The molecule has 43 heavy (non-hydrogen) atoms. The Labute approximate surface area is 248 Å². The van der Waals surface area contributed by atoms with Gasteiger partial charge in [0.1, 0.15) is 22.9 Å². The molecule has 1 aliphatic rings. The first-order valence-electron chi connectivity index (χ1n) is 14.2. The van der Waals surface area contributed by atoms with Crippen molar-refractivity contribution in [3.05, 3.63) is 101 Å². The maximum Gasteiger partial charge on any atom is 0.284 e. The van der Waals surface area contributed by atoms with Gasteiger partial charge in [0.2, 0.25) is 0 Å². The van der Waals surface area contributed by atoms with Crippen molar-refractivity contribution in [3.8, 4) is 28.2 Å². The molecule has 0 aliphatic carbocycles. The Morgan fingerprint density at radius 3 is 2.49 bits per heavy atom. The van der Waals surface area contributed by atoms with Crippen molar-refractivity contribution in [1.29, 1.82) is 0 Å². The molecule has 2 aromatic carbocycles. The second-order valence-electron chi connectivity index (χ2n) is 10.2. The molecular formula is C32H32N8O3. The van der Waals surface area contributed by atoms with E-state index in [0.717, 1.165) is 30.0 Å². The molecule has 0 unspecified atom stereocenters. The summed E-state index contributed by atoms with van der Waals surface area (Å²) >= 11 is 0. The number of carbonyl (C=O) groups excluding carboxylic acids is 1. The molecule has 3 aromatic heterocycles. The van der Waals surface area contributed by atoms with E-state index in [1.165, 1.54) is 4.68 Å². The first-order chi connectivity index (χ1) is 20.9. The van der Waals surface area contributed by atoms with E-state index in [9.17, 15) is 9.59 Å². The normalized spacial score (nSPS) is 13.2. The van der Waals surface area contributed by atoms with Crippen molar-refractivity contribution in [1.82, 2.24) is 24.7 Å². The van der Waals surface area contributed by atoms with Gasteiger partial charge in [0.25, 0.3) is 11.5 Å². The molecule has 4 heterocycles. The zero-order valence-electron chi connectivity index (χ0n) is 24.0. The lowest BCUT2D eigenvalue weighted by molar-refractivity contribution is 0.0986. The third-order valence-corrected chi connectivity index (χ3v) is 7.49. The number of nitrogens with zero attached hydrogens (tertiary/aromatic N) is 6. The number of nitrogen functional groups attached to an aromatic ring is 1. The average molecular weight is 577 g/mol. The Balaban J connectivity index is 1.27. The molecular weight excluding hydrogens is 544 g/mol. The maximum atomic E-state index is 13.6. The fraction of sp³-hybridized carbons (Fsp3) is 0.219. The number of pyridine rings is 1. The zero-order valence-corrected chi connectivity index (χ0v) is 24.0. The molecule has 1 fully saturated rings. The molecule has 0 saturated carbocycles. The number of para-hydroxylation sites is 1. The summed E-state index contributed by atoms with van der Waals surface area (Å²) in [6, 6.07) is 20.4. The van der Waals surface area contributed by atoms with Crippen molar-refractivity contribution in [2.75, 3.05) is 48.4 Å². The van der Waals surface area contributed by atoms with Gasteiger partial charge in [-0.1, -0.05) is 30.3 Å². The fourth-order valence-electron chi connectivity index (χ4n) is 5.23. The summed E-state index contributed by atoms with van der Waals surface area (Å²) in [5.41, 5.74) is 10.6. The minimum atomic E-state index is -0.392. The highest BCUT2D eigenvalue weighted by atomic mass is 16.5. The Hall–Kier alpha value is -5.29. The molecule has 0 atom stereocenters. The summed E-state index contributed by atoms with van der Waals surface area (Å²) in [4.78, 5) is 44.5. The first kappa shape index (κ1) is 27.9. The quantitative estimate of drug-likeness (QED) is 0.296. The van der Waals surface area contributed by atoms with Crippen LogP contribution in [0.3, 0.4) is 0 Å². The number of aryl methyl sites for hydroxylation is 1. The van der Waals surface area contributed by atoms with E-state index in [4.69, 9.17) is 15.5 Å². The number of morpholine rings is 1. The molecule has 3 N–H and O–H groups in total. The van der Waals surface area contributed by atoms with Crippen LogP contribution in [0, 0.1) is 6.92 Å². The van der Waals surface area contributed by atoms with Crippen molar-refractivity contribution < 1.29 is 9.53 Å². The van der Waals surface area contributed by atoms with E-state index in [1.807, 2.05) is 73.7 Å². The van der Waals surface area contributed by atoms with Crippen LogP contribution in [0.5, 0.6) is 0 Å². The van der Waals surface area contributed by atoms with Crippen LogP contribution in [0.15, 0.2) is 83.9 Å². The van der Waals surface area contributed by atoms with Crippen LogP contribution in [-0.2, 0) is 4.74 Å². The number of ether oxygens (including phenoxy) is 1. The summed E-state index contributed by atoms with van der Waals surface area (Å²) in [5, 5.41) is 3.03. The number of rotatable bonds is 7. The maximum absolute atomic E-state index is 13.6. The van der Waals surface area contributed by atoms with Gasteiger partial charge >= 0.3 is 0 Å². The molecule has 11 nitrogen and oxygen atoms in total. The van der Waals surface area contributed by atoms with Gasteiger partial charge in [-0.25, -0.2) is 19.6 Å². The van der Waals surface area contributed by atoms with E-state index in [2.05, 4.69) is 20.0 Å². The van der Waals surface area contributed by atoms with Crippen LogP contribution in [-0.4, -0.2) is 63.5 Å². The number of benzene rings is 2. The lowest BCUT2D eigenvalue weighted by Gasteiger charge is -2.28. The van der Waals surface area contributed by atoms with Gasteiger partial charge in [-0.2, -0.15) is 0 Å². The number of aromatic nitrogens is 5. The minimum absolute atomic E-state index is 0.103. The molecule has 0 radical (unpaired) electrons. The highest BCUT2D eigenvalue weighted by Gasteiger charge is 2.25. The SMILES string of the molecule is CCN(C(=O)c1c(C)[nH]n(-c2ccccc2)c1=O)c1ccc(-c2nc(-c3ccnc(N4CCOCC4)c3)cnc2N)cc1. The van der Waals surface area contributed by atoms with E-state index in [1.54, 1.807) is 24.2 Å². The second kappa shape index (κ2) is 11.9. The van der Waals surface area contributed by atoms with E-state index in [-0.39, 0.29) is 11.5 Å². The molecule has 218 valence electrons. The molecule has 5 aromatic rings. The van der Waals surface area contributed by atoms with Crippen molar-refractivity contribution >= 4 is 23.2 Å². The summed E-state index contributed by atoms with van der Waals surface area (Å²) in [7, 11) is 0. The third-order valence-electron chi connectivity index (χ3n) is 7.49. The molecule has 1 saturated heterocycles. The lowest BCUT2D eigenvalue weighted by Crippen LogP contribution is -2.36. The first-order valence-corrected chi connectivity index (χ1v) is 14.2. The van der Waals surface area contributed by atoms with Gasteiger partial charge in [0.15, 0.2) is 0 Å². The van der Waals surface area contributed by atoms with Crippen LogP contribution >= 0.6 is 0 Å². The molecule has 1 aliphatic heterocycles. The molecule has 11 heteroatoms. The van der Waals surface area contributed by atoms with Crippen LogP contribution in [0.1, 0.15) is 23.0 Å². The van der Waals surface area contributed by atoms with Crippen molar-refractivity contribution in [2.24, 2.45) is 0 Å². The van der Waals surface area contributed by atoms with Gasteiger partial charge < -0.3 is 20.3 Å². The zero-order chi connectivity index (χ0) is 29.9. The Morgan fingerprint density at radius 1 is 1.02 bits per heavy atom. The number of hydrogen-bond acceptors (Lipinski definition) is 8. The number of amides is 1. The predicted molar refractivity (Wildman–Crippen MR) is 167 cm³/mol. The highest BCUT2D eigenvalue weighted by molar-refractivity contribution is 6.06. The molecule has 0 spiro atoms. The number of carbonyl (C=O) groups is 1. The summed E-state index contributed by atoms with van der Waals surface area (Å²) in [5.74, 6) is 0.786. The lowest BCUT2D eigenvalue weighted by atomic mass is 10.1. The molecule has 1 amide bonds. The van der Waals surface area contributed by atoms with E-state index in [0.29, 0.717) is 54.0 Å². The summed E-state index contributed by atoms with van der Waals surface area (Å²) < 4.78 is 6.85. The van der Waals surface area contributed by atoms with Crippen molar-refractivity contribution in [2.45, 2.75) is 13.8 Å². The Kier molecular flexibility index (Phi) is 7.71. The molecule has 6 rings (SSSR count). The fourth-order valence-corrected chi connectivity index (χ4v) is 5.23. The van der Waals surface area contributed by atoms with Crippen molar-refractivity contribution in [3.63, 3.8) is 0 Å². The number of hydrogen-bond donors (Lipinski definition) is 2. The Morgan fingerprint density at radius 2 is 1.77 bits per heavy atom. The van der Waals surface area contributed by atoms with Crippen LogP contribution < -0.4 is 21.1 Å². The topological polar surface area (TPSA) is 135 Å². The standard InChI is InChI=1S/C32H32N8O3/c1-3-39(31(41)28-21(2)37-40(32(28)42)25-7-5-4-6-8-25)24-11-9-22(10-12-24)29-30(33)35-20-26(36-29)23-13-14-34-27(19-23)38-15-17-43-18-16-38/h4-14,19-20,37H,3,15-18H2,1-2H3,(H2,33,35). The predicted octanol–water partition coefficient (Wildman–Crippen LogP) is 4.08. The number of nitrogens with one attached hydrogen (secondary N) is 1. The Bertz CT molecular complexity index is 1810. The van der Waals surface area contributed by atoms with Crippen LogP contribution in [0.4, 0.5) is 17.3 Å². The molecule has 0 bridgehead atoms. The van der Waals surface area contributed by atoms with Gasteiger partial charge in [-0.3, -0.25) is 14.7 Å². The third kappa shape index (κ3) is 5.50. The highest BCUT2D eigenvalue weighted by Crippen LogP contribution is 2.29. The number of aromatic amines is 1. The largest absolute Gasteiger partial charge is 0.382 e. The smallest absolute Gasteiger partial charge is 0.284 e. The summed E-state index contributed by atoms with van der Waals surface area (Å²) in [6.07, 6.45) is 3.42. The number of H-pyrrole nitrogens is 1. The van der Waals surface area contributed by atoms with Gasteiger partial charge in [0.05, 0.1) is 30.8 Å². The monoisotopic (exact) mass is 576 g/mol. The minimum Gasteiger partial charge on any atom is -0.382 e. The van der Waals surface area contributed by atoms with Crippen LogP contribution in [0.25, 0.3) is 28.2 Å². The summed E-state index contributed by atoms with van der Waals surface area (Å²) in [6.45, 7) is 6.88.